The summed E-state index contributed by atoms with van der Waals surface area (Å²) < 4.78 is 0. The number of fused-ring (bicyclic) bond motifs is 6. The van der Waals surface area contributed by atoms with E-state index in [0.717, 1.165) is 0 Å². The second kappa shape index (κ2) is 4.27. The molecule has 0 amide bonds. The van der Waals surface area contributed by atoms with Crippen molar-refractivity contribution in [3.05, 3.63) is 47.6 Å². The normalized spacial score (nSPS) is 35.1. The molecule has 0 aromatic heterocycles. The van der Waals surface area contributed by atoms with Crippen LogP contribution in [0.2, 0.25) is 0 Å². The minimum Gasteiger partial charge on any atom is -0.0617 e. The van der Waals surface area contributed by atoms with Gasteiger partial charge < -0.3 is 0 Å². The summed E-state index contributed by atoms with van der Waals surface area (Å²) in [5, 5.41) is 0. The van der Waals surface area contributed by atoms with Crippen molar-refractivity contribution >= 4 is 0 Å². The molecule has 0 fully saturated rings. The summed E-state index contributed by atoms with van der Waals surface area (Å²) in [4.78, 5) is 0. The fourth-order valence-corrected chi connectivity index (χ4v) is 1.87. The molecule has 0 saturated heterocycles. The van der Waals surface area contributed by atoms with Gasteiger partial charge in [-0.25, -0.2) is 0 Å². The third-order valence-electron chi connectivity index (χ3n) is 2.67. The van der Waals surface area contributed by atoms with Crippen LogP contribution in [0.1, 0.15) is 32.1 Å². The average molecular weight is 172 g/mol. The van der Waals surface area contributed by atoms with Crippen molar-refractivity contribution in [2.75, 3.05) is 0 Å². The zero-order chi connectivity index (χ0) is 8.93. The summed E-state index contributed by atoms with van der Waals surface area (Å²) in [5.74, 6) is 0. The van der Waals surface area contributed by atoms with E-state index in [4.69, 9.17) is 0 Å². The molecule has 3 aliphatic rings. The highest BCUT2D eigenvalue weighted by Crippen LogP contribution is 2.19. The topological polar surface area (TPSA) is 0 Å². The molecule has 0 aromatic rings. The predicted octanol–water partition coefficient (Wildman–Crippen LogP) is 3.93. The molecule has 0 heteroatoms. The Balaban J connectivity index is 2.25. The molecule has 68 valence electrons. The van der Waals surface area contributed by atoms with Gasteiger partial charge in [-0.2, -0.15) is 0 Å². The summed E-state index contributed by atoms with van der Waals surface area (Å²) in [6.45, 7) is 0. The average Bonchev–Trinajstić information content (AvgIpc) is 2.14. The molecule has 0 heterocycles. The lowest BCUT2D eigenvalue weighted by molar-refractivity contribution is 0.679. The van der Waals surface area contributed by atoms with E-state index in [2.05, 4.69) is 36.5 Å². The molecule has 3 rings (SSSR count). The Morgan fingerprint density at radius 3 is 1.77 bits per heavy atom. The summed E-state index contributed by atoms with van der Waals surface area (Å²) in [7, 11) is 0. The van der Waals surface area contributed by atoms with E-state index < -0.39 is 0 Å². The first-order chi connectivity index (χ1) is 6.45. The lowest BCUT2D eigenvalue weighted by atomic mass is 9.98. The third kappa shape index (κ3) is 2.45. The van der Waals surface area contributed by atoms with Crippen LogP contribution >= 0.6 is 0 Å². The zero-order valence-electron chi connectivity index (χ0n) is 8.00. The largest absolute Gasteiger partial charge is 0.0617 e. The molecule has 0 unspecified atom stereocenters. The quantitative estimate of drug-likeness (QED) is 0.519. The first-order valence-corrected chi connectivity index (χ1v) is 5.20. The number of allylic oxidation sites excluding steroid dienone is 8. The molecule has 0 atom stereocenters. The van der Waals surface area contributed by atoms with Crippen LogP contribution < -0.4 is 0 Å². The van der Waals surface area contributed by atoms with Gasteiger partial charge in [-0.3, -0.25) is 0 Å². The van der Waals surface area contributed by atoms with Crippen molar-refractivity contribution in [3.8, 4) is 0 Å². The van der Waals surface area contributed by atoms with Gasteiger partial charge in [0.25, 0.3) is 0 Å². The summed E-state index contributed by atoms with van der Waals surface area (Å²) in [6.07, 6.45) is 19.9. The van der Waals surface area contributed by atoms with Gasteiger partial charge >= 0.3 is 0 Å². The standard InChI is InChI=1S/C13H16/c1-2-6-12-8-4-10-13(7-3-1)11-5-9-12/h4-5,8-11H,1-3,6-7H2/b8-4-,9-5?,10-4?,11-5-,12-8?,12-9-,13-10-,13-11?. The van der Waals surface area contributed by atoms with Gasteiger partial charge in [-0.05, 0) is 36.8 Å². The molecule has 13 heavy (non-hydrogen) atoms. The molecule has 0 N–H and O–H groups in total. The first-order valence-electron chi connectivity index (χ1n) is 5.20. The van der Waals surface area contributed by atoms with E-state index in [1.54, 1.807) is 0 Å². The first kappa shape index (κ1) is 8.55. The van der Waals surface area contributed by atoms with Crippen molar-refractivity contribution in [1.29, 1.82) is 0 Å². The van der Waals surface area contributed by atoms with Crippen LogP contribution in [0, 0.1) is 0 Å². The monoisotopic (exact) mass is 172 g/mol. The molecule has 0 nitrogen and oxygen atoms in total. The third-order valence-corrected chi connectivity index (χ3v) is 2.67. The van der Waals surface area contributed by atoms with Gasteiger partial charge in [0.2, 0.25) is 0 Å². The molecule has 2 bridgehead atoms. The van der Waals surface area contributed by atoms with Gasteiger partial charge in [0.15, 0.2) is 0 Å². The minimum atomic E-state index is 1.24. The van der Waals surface area contributed by atoms with Crippen LogP contribution in [-0.2, 0) is 0 Å². The van der Waals surface area contributed by atoms with Crippen LogP contribution in [-0.4, -0.2) is 0 Å². The van der Waals surface area contributed by atoms with Gasteiger partial charge in [0, 0.05) is 0 Å². The Kier molecular flexibility index (Phi) is 2.81. The van der Waals surface area contributed by atoms with Crippen LogP contribution in [0.3, 0.4) is 0 Å². The van der Waals surface area contributed by atoms with E-state index >= 15 is 0 Å². The Labute approximate surface area is 80.3 Å². The maximum atomic E-state index is 2.24. The molecule has 0 radical (unpaired) electrons. The van der Waals surface area contributed by atoms with E-state index in [9.17, 15) is 0 Å². The van der Waals surface area contributed by atoms with Crippen LogP contribution in [0.4, 0.5) is 0 Å². The summed E-state index contributed by atoms with van der Waals surface area (Å²) in [5.41, 5.74) is 2.93. The summed E-state index contributed by atoms with van der Waals surface area (Å²) in [6, 6.07) is 0. The molecule has 3 aliphatic carbocycles. The van der Waals surface area contributed by atoms with Crippen molar-refractivity contribution < 1.29 is 0 Å². The fraction of sp³-hybridized carbons (Fsp3) is 0.385. The highest BCUT2D eigenvalue weighted by molar-refractivity contribution is 5.35. The van der Waals surface area contributed by atoms with Crippen LogP contribution in [0.15, 0.2) is 47.6 Å². The van der Waals surface area contributed by atoms with E-state index in [-0.39, 0.29) is 0 Å². The highest BCUT2D eigenvalue weighted by Gasteiger charge is 2.00. The summed E-state index contributed by atoms with van der Waals surface area (Å²) >= 11 is 0. The molecule has 0 spiro atoms. The molecular weight excluding hydrogens is 156 g/mol. The van der Waals surface area contributed by atoms with Crippen molar-refractivity contribution in [2.24, 2.45) is 0 Å². The lowest BCUT2D eigenvalue weighted by Gasteiger charge is -2.08. The smallest absolute Gasteiger partial charge is 0.0279 e. The molecular formula is C13H16. The number of hydrogen-bond donors (Lipinski definition) is 0. The second-order valence-electron chi connectivity index (χ2n) is 3.76. The molecule has 0 saturated carbocycles. The maximum absolute atomic E-state index is 2.24. The van der Waals surface area contributed by atoms with Gasteiger partial charge in [0.1, 0.15) is 0 Å². The van der Waals surface area contributed by atoms with E-state index in [1.807, 2.05) is 0 Å². The van der Waals surface area contributed by atoms with E-state index in [1.165, 1.54) is 43.3 Å². The van der Waals surface area contributed by atoms with Gasteiger partial charge in [-0.15, -0.1) is 0 Å². The lowest BCUT2D eigenvalue weighted by Crippen LogP contribution is -1.88. The highest BCUT2D eigenvalue weighted by atomic mass is 14.1. The van der Waals surface area contributed by atoms with E-state index in [0.29, 0.717) is 0 Å². The minimum absolute atomic E-state index is 1.24. The fourth-order valence-electron chi connectivity index (χ4n) is 1.87. The van der Waals surface area contributed by atoms with Crippen molar-refractivity contribution in [2.45, 2.75) is 32.1 Å². The zero-order valence-corrected chi connectivity index (χ0v) is 8.00. The number of rotatable bonds is 0. The van der Waals surface area contributed by atoms with Crippen molar-refractivity contribution in [3.63, 3.8) is 0 Å². The Bertz CT molecular complexity index is 257. The Morgan fingerprint density at radius 2 is 1.23 bits per heavy atom. The van der Waals surface area contributed by atoms with Crippen molar-refractivity contribution in [1.82, 2.24) is 0 Å². The van der Waals surface area contributed by atoms with Gasteiger partial charge in [-0.1, -0.05) is 42.9 Å². The van der Waals surface area contributed by atoms with Gasteiger partial charge in [0.05, 0.1) is 0 Å². The number of hydrogen-bond acceptors (Lipinski definition) is 0. The maximum Gasteiger partial charge on any atom is -0.0279 e. The predicted molar refractivity (Wildman–Crippen MR) is 57.5 cm³/mol. The SMILES string of the molecule is C1=C\C2=C/C=C\C(=C/1)CCCCC2. The molecule has 0 aromatic carbocycles. The van der Waals surface area contributed by atoms with Crippen LogP contribution in [0.5, 0.6) is 0 Å². The molecule has 0 aliphatic heterocycles. The van der Waals surface area contributed by atoms with Crippen LogP contribution in [0.25, 0.3) is 0 Å². The Hall–Kier alpha value is -1.04. The Morgan fingerprint density at radius 1 is 0.692 bits per heavy atom. The second-order valence-corrected chi connectivity index (χ2v) is 3.76.